The Labute approximate surface area is 73.4 Å². The van der Waals surface area contributed by atoms with Crippen LogP contribution < -0.4 is 4.74 Å². The lowest BCUT2D eigenvalue weighted by Gasteiger charge is -2.10. The van der Waals surface area contributed by atoms with E-state index in [9.17, 15) is 13.2 Å². The zero-order valence-electron chi connectivity index (χ0n) is 6.64. The van der Waals surface area contributed by atoms with Crippen LogP contribution in [0.15, 0.2) is 42.7 Å². The van der Waals surface area contributed by atoms with Gasteiger partial charge < -0.3 is 4.74 Å². The van der Waals surface area contributed by atoms with Crippen LogP contribution in [0.1, 0.15) is 0 Å². The minimum absolute atomic E-state index is 0.129. The van der Waals surface area contributed by atoms with E-state index in [0.29, 0.717) is 0 Å². The molecule has 0 unspecified atom stereocenters. The van der Waals surface area contributed by atoms with Crippen molar-refractivity contribution in [3.05, 3.63) is 42.7 Å². The van der Waals surface area contributed by atoms with Gasteiger partial charge in [0.05, 0.1) is 0 Å². The molecule has 0 fully saturated rings. The van der Waals surface area contributed by atoms with E-state index in [1.165, 1.54) is 12.1 Å². The van der Waals surface area contributed by atoms with Crippen LogP contribution in [0.4, 0.5) is 13.2 Å². The monoisotopic (exact) mass is 188 g/mol. The maximum atomic E-state index is 11.9. The summed E-state index contributed by atoms with van der Waals surface area (Å²) >= 11 is 0. The predicted molar refractivity (Wildman–Crippen MR) is 42.3 cm³/mol. The predicted octanol–water partition coefficient (Wildman–Crippen LogP) is 3.14. The van der Waals surface area contributed by atoms with Crippen LogP contribution in [0.5, 0.6) is 5.75 Å². The van der Waals surface area contributed by atoms with Crippen molar-refractivity contribution in [3.63, 3.8) is 0 Å². The molecule has 0 heterocycles. The Bertz CT molecular complexity index is 289. The minimum Gasteiger partial charge on any atom is -0.453 e. The maximum Gasteiger partial charge on any atom is 0.448 e. The Morgan fingerprint density at radius 2 is 1.69 bits per heavy atom. The van der Waals surface area contributed by atoms with Crippen LogP contribution in [0.25, 0.3) is 0 Å². The second-order valence-corrected chi connectivity index (χ2v) is 2.34. The Kier molecular flexibility index (Phi) is 2.60. The van der Waals surface area contributed by atoms with Gasteiger partial charge in [-0.1, -0.05) is 24.8 Å². The molecule has 1 nitrogen and oxygen atoms in total. The van der Waals surface area contributed by atoms with Gasteiger partial charge in [-0.25, -0.2) is 0 Å². The molecule has 0 aromatic heterocycles. The van der Waals surface area contributed by atoms with Gasteiger partial charge in [0.2, 0.25) is 5.76 Å². The third-order valence-corrected chi connectivity index (χ3v) is 1.30. The standard InChI is InChI=1S/C9H7F3O/c1-7(9(10,11)12)13-8-5-3-2-4-6-8/h2-6H,1H2. The van der Waals surface area contributed by atoms with E-state index in [1.807, 2.05) is 0 Å². The molecule has 0 bridgehead atoms. The van der Waals surface area contributed by atoms with Crippen molar-refractivity contribution in [2.45, 2.75) is 6.18 Å². The summed E-state index contributed by atoms with van der Waals surface area (Å²) in [5.41, 5.74) is 0. The molecule has 0 aliphatic heterocycles. The van der Waals surface area contributed by atoms with E-state index in [1.54, 1.807) is 18.2 Å². The number of ether oxygens (including phenoxy) is 1. The third-order valence-electron chi connectivity index (χ3n) is 1.30. The summed E-state index contributed by atoms with van der Waals surface area (Å²) in [5.74, 6) is -1.08. The fourth-order valence-corrected chi connectivity index (χ4v) is 0.689. The second kappa shape index (κ2) is 3.51. The van der Waals surface area contributed by atoms with Crippen molar-refractivity contribution in [1.82, 2.24) is 0 Å². The molecule has 0 amide bonds. The zero-order valence-corrected chi connectivity index (χ0v) is 6.64. The van der Waals surface area contributed by atoms with E-state index in [4.69, 9.17) is 0 Å². The summed E-state index contributed by atoms with van der Waals surface area (Å²) in [5, 5.41) is 0. The minimum atomic E-state index is -4.50. The molecule has 0 radical (unpaired) electrons. The van der Waals surface area contributed by atoms with Crippen molar-refractivity contribution < 1.29 is 17.9 Å². The van der Waals surface area contributed by atoms with Crippen LogP contribution in [-0.4, -0.2) is 6.18 Å². The molecule has 1 rings (SSSR count). The lowest BCUT2D eigenvalue weighted by molar-refractivity contribution is -0.115. The molecule has 0 aliphatic rings. The van der Waals surface area contributed by atoms with Crippen molar-refractivity contribution in [2.24, 2.45) is 0 Å². The van der Waals surface area contributed by atoms with E-state index >= 15 is 0 Å². The van der Waals surface area contributed by atoms with Gasteiger partial charge >= 0.3 is 6.18 Å². The fraction of sp³-hybridized carbons (Fsp3) is 0.111. The van der Waals surface area contributed by atoms with Crippen molar-refractivity contribution in [2.75, 3.05) is 0 Å². The molecule has 1 aromatic rings. The van der Waals surface area contributed by atoms with Gasteiger partial charge in [-0.2, -0.15) is 13.2 Å². The summed E-state index contributed by atoms with van der Waals surface area (Å²) < 4.78 is 40.2. The molecule has 1 aromatic carbocycles. The number of halogens is 3. The number of hydrogen-bond donors (Lipinski definition) is 0. The molecule has 0 saturated heterocycles. The molecule has 0 aliphatic carbocycles. The van der Waals surface area contributed by atoms with Gasteiger partial charge in [0, 0.05) is 0 Å². The SMILES string of the molecule is C=C(Oc1ccccc1)C(F)(F)F. The van der Waals surface area contributed by atoms with Crippen LogP contribution in [0.3, 0.4) is 0 Å². The molecular weight excluding hydrogens is 181 g/mol. The van der Waals surface area contributed by atoms with E-state index in [2.05, 4.69) is 11.3 Å². The molecule has 4 heteroatoms. The average molecular weight is 188 g/mol. The maximum absolute atomic E-state index is 11.9. The quantitative estimate of drug-likeness (QED) is 0.648. The zero-order chi connectivity index (χ0) is 9.90. The van der Waals surface area contributed by atoms with Crippen molar-refractivity contribution in [3.8, 4) is 5.75 Å². The van der Waals surface area contributed by atoms with Crippen LogP contribution in [0.2, 0.25) is 0 Å². The lowest BCUT2D eigenvalue weighted by atomic mass is 10.3. The van der Waals surface area contributed by atoms with E-state index in [0.717, 1.165) is 0 Å². The topological polar surface area (TPSA) is 9.23 Å². The van der Waals surface area contributed by atoms with E-state index < -0.39 is 11.9 Å². The molecular formula is C9H7F3O. The van der Waals surface area contributed by atoms with Crippen molar-refractivity contribution in [1.29, 1.82) is 0 Å². The Hall–Kier alpha value is -1.45. The summed E-state index contributed by atoms with van der Waals surface area (Å²) in [6.07, 6.45) is -4.50. The highest BCUT2D eigenvalue weighted by Gasteiger charge is 2.34. The van der Waals surface area contributed by atoms with Gasteiger partial charge in [-0.05, 0) is 12.1 Å². The van der Waals surface area contributed by atoms with Gasteiger partial charge in [-0.15, -0.1) is 0 Å². The number of hydrogen-bond acceptors (Lipinski definition) is 1. The molecule has 0 spiro atoms. The van der Waals surface area contributed by atoms with E-state index in [-0.39, 0.29) is 5.75 Å². The Morgan fingerprint density at radius 1 is 1.15 bits per heavy atom. The van der Waals surface area contributed by atoms with Gasteiger partial charge in [0.1, 0.15) is 5.75 Å². The normalized spacial score (nSPS) is 11.0. The summed E-state index contributed by atoms with van der Waals surface area (Å²) in [6, 6.07) is 7.70. The largest absolute Gasteiger partial charge is 0.453 e. The van der Waals surface area contributed by atoms with Crippen molar-refractivity contribution >= 4 is 0 Å². The first-order valence-corrected chi connectivity index (χ1v) is 3.49. The number of allylic oxidation sites excluding steroid dienone is 1. The molecule has 0 N–H and O–H groups in total. The highest BCUT2D eigenvalue weighted by Crippen LogP contribution is 2.26. The second-order valence-electron chi connectivity index (χ2n) is 2.34. The van der Waals surface area contributed by atoms with Crippen LogP contribution >= 0.6 is 0 Å². The van der Waals surface area contributed by atoms with Crippen LogP contribution in [0, 0.1) is 0 Å². The summed E-state index contributed by atoms with van der Waals surface area (Å²) in [6.45, 7) is 2.77. The summed E-state index contributed by atoms with van der Waals surface area (Å²) in [7, 11) is 0. The first kappa shape index (κ1) is 9.64. The number of para-hydroxylation sites is 1. The third kappa shape index (κ3) is 2.82. The average Bonchev–Trinajstić information content (AvgIpc) is 2.04. The first-order valence-electron chi connectivity index (χ1n) is 3.49. The lowest BCUT2D eigenvalue weighted by Crippen LogP contribution is -2.15. The number of rotatable bonds is 2. The highest BCUT2D eigenvalue weighted by atomic mass is 19.4. The molecule has 13 heavy (non-hydrogen) atoms. The Morgan fingerprint density at radius 3 is 2.15 bits per heavy atom. The fourth-order valence-electron chi connectivity index (χ4n) is 0.689. The molecule has 0 saturated carbocycles. The number of benzene rings is 1. The van der Waals surface area contributed by atoms with Gasteiger partial charge in [-0.3, -0.25) is 0 Å². The van der Waals surface area contributed by atoms with Gasteiger partial charge in [0.15, 0.2) is 0 Å². The summed E-state index contributed by atoms with van der Waals surface area (Å²) in [4.78, 5) is 0. The molecule has 70 valence electrons. The smallest absolute Gasteiger partial charge is 0.448 e. The van der Waals surface area contributed by atoms with Crippen LogP contribution in [-0.2, 0) is 0 Å². The molecule has 0 atom stereocenters. The first-order chi connectivity index (χ1) is 6.00. The van der Waals surface area contributed by atoms with Gasteiger partial charge in [0.25, 0.3) is 0 Å². The Balaban J connectivity index is 2.66. The number of alkyl halides is 3. The highest BCUT2D eigenvalue weighted by molar-refractivity contribution is 5.23.